The van der Waals surface area contributed by atoms with Crippen LogP contribution in [0.2, 0.25) is 0 Å². The highest BCUT2D eigenvalue weighted by Crippen LogP contribution is 2.31. The van der Waals surface area contributed by atoms with Crippen LogP contribution in [0.1, 0.15) is 58.8 Å². The molecule has 0 saturated heterocycles. The monoisotopic (exact) mass is 554 g/mol. The molecule has 0 radical (unpaired) electrons. The summed E-state index contributed by atoms with van der Waals surface area (Å²) in [7, 11) is 0. The van der Waals surface area contributed by atoms with Crippen molar-refractivity contribution in [2.24, 2.45) is 0 Å². The fourth-order valence-corrected chi connectivity index (χ4v) is 4.42. The molecule has 0 spiro atoms. The molecule has 0 bridgehead atoms. The van der Waals surface area contributed by atoms with E-state index in [0.29, 0.717) is 10.2 Å². The van der Waals surface area contributed by atoms with Crippen LogP contribution >= 0.6 is 27.3 Å². The summed E-state index contributed by atoms with van der Waals surface area (Å²) in [5.41, 5.74) is 5.03. The summed E-state index contributed by atoms with van der Waals surface area (Å²) in [5, 5.41) is 10.3. The molecule has 35 heavy (non-hydrogen) atoms. The van der Waals surface area contributed by atoms with Crippen molar-refractivity contribution >= 4 is 33.2 Å². The summed E-state index contributed by atoms with van der Waals surface area (Å²) >= 11 is 4.91. The first-order chi connectivity index (χ1) is 17.1. The van der Waals surface area contributed by atoms with Gasteiger partial charge in [0.15, 0.2) is 0 Å². The molecule has 0 N–H and O–H groups in total. The maximum Gasteiger partial charge on any atom is 0.316 e. The number of benzene rings is 2. The van der Waals surface area contributed by atoms with Crippen molar-refractivity contribution < 1.29 is 14.3 Å². The number of carbonyl (C=O) groups excluding carboxylic acids is 1. The van der Waals surface area contributed by atoms with Crippen LogP contribution in [0.25, 0.3) is 21.1 Å². The number of halogens is 1. The molecular weight excluding hydrogens is 524 g/mol. The largest absolute Gasteiger partial charge is 0.494 e. The third kappa shape index (κ3) is 9.10. The second-order valence-corrected chi connectivity index (χ2v) is 10.00. The second kappa shape index (κ2) is 14.6. The van der Waals surface area contributed by atoms with Crippen molar-refractivity contribution in [2.75, 3.05) is 6.61 Å². The first-order valence-corrected chi connectivity index (χ1v) is 13.7. The van der Waals surface area contributed by atoms with Crippen LogP contribution < -0.4 is 9.47 Å². The number of rotatable bonds is 13. The average molecular weight is 556 g/mol. The third-order valence-electron chi connectivity index (χ3n) is 5.14. The fourth-order valence-electron chi connectivity index (χ4n) is 3.17. The molecule has 3 aromatic rings. The van der Waals surface area contributed by atoms with Crippen LogP contribution in [0.4, 0.5) is 0 Å². The van der Waals surface area contributed by atoms with E-state index < -0.39 is 0 Å². The predicted molar refractivity (Wildman–Crippen MR) is 146 cm³/mol. The van der Waals surface area contributed by atoms with Gasteiger partial charge in [0.25, 0.3) is 0 Å². The number of ether oxygens (including phenoxy) is 2. The molecule has 0 unspecified atom stereocenters. The molecule has 0 aliphatic rings. The number of esters is 1. The lowest BCUT2D eigenvalue weighted by molar-refractivity contribution is -0.133. The second-order valence-electron chi connectivity index (χ2n) is 8.06. The van der Waals surface area contributed by atoms with Gasteiger partial charge < -0.3 is 9.47 Å². The van der Waals surface area contributed by atoms with Crippen LogP contribution in [-0.4, -0.2) is 22.8 Å². The van der Waals surface area contributed by atoms with E-state index in [1.807, 2.05) is 42.5 Å². The Bertz CT molecular complexity index is 1130. The molecule has 0 saturated carbocycles. The van der Waals surface area contributed by atoms with Gasteiger partial charge in [0.2, 0.25) is 0 Å². The van der Waals surface area contributed by atoms with Crippen LogP contribution in [0.3, 0.4) is 0 Å². The van der Waals surface area contributed by atoms with E-state index in [4.69, 9.17) is 9.47 Å². The van der Waals surface area contributed by atoms with E-state index >= 15 is 0 Å². The third-order valence-corrected chi connectivity index (χ3v) is 6.67. The van der Waals surface area contributed by atoms with Gasteiger partial charge in [0, 0.05) is 15.6 Å². The minimum absolute atomic E-state index is 0.147. The summed E-state index contributed by atoms with van der Waals surface area (Å²) in [6.45, 7) is 5.05. The summed E-state index contributed by atoms with van der Waals surface area (Å²) in [4.78, 5) is 12.2. The Morgan fingerprint density at radius 1 is 0.914 bits per heavy atom. The number of nitrogens with zero attached hydrogens (tertiary/aromatic N) is 2. The van der Waals surface area contributed by atoms with E-state index in [9.17, 15) is 4.79 Å². The highest BCUT2D eigenvalue weighted by Gasteiger charge is 2.11. The highest BCUT2D eigenvalue weighted by atomic mass is 79.9. The molecule has 0 atom stereocenters. The molecule has 0 aliphatic carbocycles. The number of hydrogen-bond acceptors (Lipinski definition) is 6. The van der Waals surface area contributed by atoms with Crippen LogP contribution in [0.5, 0.6) is 11.5 Å². The van der Waals surface area contributed by atoms with Gasteiger partial charge in [-0.1, -0.05) is 44.4 Å². The number of hydrogen-bond donors (Lipinski definition) is 0. The number of carbonyl (C=O) groups is 1. The molecule has 0 fully saturated rings. The Hall–Kier alpha value is -2.73. The minimum atomic E-state index is -0.334. The Morgan fingerprint density at radius 3 is 2.11 bits per heavy atom. The van der Waals surface area contributed by atoms with Gasteiger partial charge in [0.05, 0.1) is 13.0 Å². The topological polar surface area (TPSA) is 61.3 Å². The van der Waals surface area contributed by atoms with Gasteiger partial charge in [-0.3, -0.25) is 4.79 Å². The predicted octanol–water partition coefficient (Wildman–Crippen LogP) is 8.36. The normalized spacial score (nSPS) is 10.5. The lowest BCUT2D eigenvalue weighted by Gasteiger charge is -2.05. The number of unbranched alkanes of at least 4 members (excludes halogenated alkanes) is 4. The fraction of sp³-hybridized carbons (Fsp3) is 0.357. The van der Waals surface area contributed by atoms with Gasteiger partial charge in [-0.25, -0.2) is 0 Å². The Labute approximate surface area is 220 Å². The van der Waals surface area contributed by atoms with Gasteiger partial charge >= 0.3 is 5.97 Å². The molecule has 0 amide bonds. The van der Waals surface area contributed by atoms with Crippen molar-refractivity contribution in [3.63, 3.8) is 0 Å². The maximum absolute atomic E-state index is 12.2. The first-order valence-electron chi connectivity index (χ1n) is 12.1. The van der Waals surface area contributed by atoms with Gasteiger partial charge in [0.1, 0.15) is 21.5 Å². The zero-order valence-electron chi connectivity index (χ0n) is 20.3. The molecule has 5 nitrogen and oxygen atoms in total. The number of aromatic nitrogens is 2. The van der Waals surface area contributed by atoms with Crippen molar-refractivity contribution in [1.82, 2.24) is 10.2 Å². The molecular formula is C28H31BrN2O3S. The van der Waals surface area contributed by atoms with Crippen molar-refractivity contribution in [1.29, 1.82) is 0 Å². The summed E-state index contributed by atoms with van der Waals surface area (Å²) in [5.74, 6) is 1.02. The molecule has 0 aliphatic heterocycles. The first kappa shape index (κ1) is 26.9. The van der Waals surface area contributed by atoms with Crippen molar-refractivity contribution in [2.45, 2.75) is 58.8 Å². The van der Waals surface area contributed by atoms with E-state index in [2.05, 4.69) is 45.7 Å². The quantitative estimate of drug-likeness (QED) is 0.0918. The average Bonchev–Trinajstić information content (AvgIpc) is 3.35. The Kier molecular flexibility index (Phi) is 11.2. The molecule has 3 rings (SSSR count). The van der Waals surface area contributed by atoms with Crippen LogP contribution in [0.15, 0.2) is 64.8 Å². The maximum atomic E-state index is 12.2. The molecule has 7 heteroatoms. The SMILES string of the molecule is CCCCCC=C=C(Br)CC(=O)Oc1ccc(-c2nnc(-c3ccc(OCCCC)cc3)s2)cc1. The highest BCUT2D eigenvalue weighted by molar-refractivity contribution is 9.11. The molecule has 184 valence electrons. The van der Waals surface area contributed by atoms with E-state index in [1.165, 1.54) is 24.2 Å². The van der Waals surface area contributed by atoms with Crippen LogP contribution in [-0.2, 0) is 4.79 Å². The van der Waals surface area contributed by atoms with Crippen molar-refractivity contribution in [3.05, 3.63) is 64.8 Å². The van der Waals surface area contributed by atoms with E-state index in [0.717, 1.165) is 59.2 Å². The van der Waals surface area contributed by atoms with E-state index in [1.54, 1.807) is 12.1 Å². The summed E-state index contributed by atoms with van der Waals surface area (Å²) < 4.78 is 11.9. The zero-order valence-corrected chi connectivity index (χ0v) is 22.7. The van der Waals surface area contributed by atoms with Crippen molar-refractivity contribution in [3.8, 4) is 32.6 Å². The lowest BCUT2D eigenvalue weighted by Crippen LogP contribution is -2.07. The minimum Gasteiger partial charge on any atom is -0.494 e. The van der Waals surface area contributed by atoms with Gasteiger partial charge in [-0.05, 0) is 89.8 Å². The van der Waals surface area contributed by atoms with Crippen LogP contribution in [0, 0.1) is 0 Å². The van der Waals surface area contributed by atoms with Gasteiger partial charge in [-0.2, -0.15) is 0 Å². The molecule has 1 heterocycles. The molecule has 2 aromatic carbocycles. The van der Waals surface area contributed by atoms with Gasteiger partial charge in [-0.15, -0.1) is 15.9 Å². The standard InChI is InChI=1S/C28H31BrN2O3S/c1-3-5-7-8-9-10-23(29)20-26(32)34-25-17-13-22(14-18-25)28-31-30-27(35-28)21-11-15-24(16-12-21)33-19-6-4-2/h9,11-18H,3-8,19-20H2,1-2H3. The zero-order chi connectivity index (χ0) is 24.9. The Morgan fingerprint density at radius 2 is 1.51 bits per heavy atom. The summed E-state index contributed by atoms with van der Waals surface area (Å²) in [6, 6.07) is 15.2. The smallest absolute Gasteiger partial charge is 0.316 e. The lowest BCUT2D eigenvalue weighted by atomic mass is 10.2. The summed E-state index contributed by atoms with van der Waals surface area (Å²) in [6.07, 6.45) is 8.76. The Balaban J connectivity index is 1.54. The van der Waals surface area contributed by atoms with E-state index in [-0.39, 0.29) is 12.4 Å². The molecule has 1 aromatic heterocycles.